The van der Waals surface area contributed by atoms with Gasteiger partial charge in [0, 0.05) is 12.6 Å². The maximum Gasteiger partial charge on any atom is 0.500 e. The molecule has 1 aromatic heterocycles. The molecule has 2 amide bonds. The number of alkyl halides is 3. The SMILES string of the molecule is N#Cc1nccc(C2(NC(=O)NC3(S(=O)(=O)C(F)(F)F)C=CC(c4ccccc4)=CC3)CCCCC2)n1. The normalized spacial score (nSPS) is 21.4. The number of benzene rings is 1. The molecule has 12 heteroatoms. The summed E-state index contributed by atoms with van der Waals surface area (Å²) < 4.78 is 66.7. The minimum Gasteiger partial charge on any atom is -0.327 e. The topological polar surface area (TPSA) is 125 Å². The van der Waals surface area contributed by atoms with Crippen LogP contribution < -0.4 is 10.6 Å². The number of sulfone groups is 1. The Morgan fingerprint density at radius 3 is 2.35 bits per heavy atom. The van der Waals surface area contributed by atoms with E-state index in [0.29, 0.717) is 42.5 Å². The van der Waals surface area contributed by atoms with Gasteiger partial charge in [0.2, 0.25) is 5.82 Å². The molecule has 1 heterocycles. The first-order valence-corrected chi connectivity index (χ1v) is 13.1. The van der Waals surface area contributed by atoms with Crippen LogP contribution in [0.15, 0.2) is 60.8 Å². The molecule has 2 aromatic rings. The summed E-state index contributed by atoms with van der Waals surface area (Å²) in [6.45, 7) is 0. The molecule has 0 radical (unpaired) electrons. The van der Waals surface area contributed by atoms with Crippen LogP contribution in [0.2, 0.25) is 0 Å². The van der Waals surface area contributed by atoms with Crippen LogP contribution >= 0.6 is 0 Å². The highest BCUT2D eigenvalue weighted by molar-refractivity contribution is 7.93. The molecule has 1 atom stereocenters. The molecule has 4 rings (SSSR count). The predicted octanol–water partition coefficient (Wildman–Crippen LogP) is 4.48. The molecule has 0 saturated heterocycles. The van der Waals surface area contributed by atoms with Crippen molar-refractivity contribution in [2.45, 2.75) is 54.4 Å². The fourth-order valence-corrected chi connectivity index (χ4v) is 5.94. The highest BCUT2D eigenvalue weighted by Crippen LogP contribution is 2.40. The van der Waals surface area contributed by atoms with Crippen molar-refractivity contribution in [3.05, 3.63) is 77.9 Å². The van der Waals surface area contributed by atoms with Crippen molar-refractivity contribution in [3.63, 3.8) is 0 Å². The van der Waals surface area contributed by atoms with Crippen molar-refractivity contribution < 1.29 is 26.4 Å². The zero-order chi connectivity index (χ0) is 26.7. The van der Waals surface area contributed by atoms with Gasteiger partial charge in [0.15, 0.2) is 4.87 Å². The number of allylic oxidation sites excluding steroid dienone is 2. The molecular weight excluding hydrogens is 507 g/mol. The second-order valence-electron chi connectivity index (χ2n) is 9.00. The fourth-order valence-electron chi connectivity index (χ4n) is 4.75. The Balaban J connectivity index is 1.67. The van der Waals surface area contributed by atoms with Crippen LogP contribution in [0.4, 0.5) is 18.0 Å². The van der Waals surface area contributed by atoms with Crippen molar-refractivity contribution in [1.82, 2.24) is 20.6 Å². The van der Waals surface area contributed by atoms with Gasteiger partial charge in [-0.1, -0.05) is 61.7 Å². The summed E-state index contributed by atoms with van der Waals surface area (Å²) in [4.78, 5) is 18.5. The molecule has 2 N–H and O–H groups in total. The van der Waals surface area contributed by atoms with E-state index in [1.165, 1.54) is 24.4 Å². The first kappa shape index (κ1) is 26.3. The van der Waals surface area contributed by atoms with Crippen molar-refractivity contribution in [2.75, 3.05) is 0 Å². The van der Waals surface area contributed by atoms with Gasteiger partial charge in [-0.25, -0.2) is 23.2 Å². The van der Waals surface area contributed by atoms with E-state index in [4.69, 9.17) is 0 Å². The number of nitrogens with zero attached hydrogens (tertiary/aromatic N) is 3. The van der Waals surface area contributed by atoms with Crippen LogP contribution in [0.25, 0.3) is 5.57 Å². The Labute approximate surface area is 212 Å². The van der Waals surface area contributed by atoms with E-state index in [9.17, 15) is 31.6 Å². The van der Waals surface area contributed by atoms with Crippen LogP contribution in [-0.2, 0) is 15.4 Å². The number of aromatic nitrogens is 2. The summed E-state index contributed by atoms with van der Waals surface area (Å²) in [6, 6.07) is 11.0. The summed E-state index contributed by atoms with van der Waals surface area (Å²) in [5.41, 5.74) is -5.14. The average molecular weight is 532 g/mol. The van der Waals surface area contributed by atoms with Crippen molar-refractivity contribution in [1.29, 1.82) is 5.26 Å². The summed E-state index contributed by atoms with van der Waals surface area (Å²) in [5.74, 6) is -0.116. The molecule has 0 spiro atoms. The standard InChI is InChI=1S/C25H24F3N5O3S/c26-25(27,28)37(35,36)24(14-9-19(10-15-24)18-7-3-1-4-8-18)33-22(34)32-23(12-5-2-6-13-23)20-11-16-30-21(17-29)31-20/h1,3-4,7-11,14,16H,2,5-6,12-13,15H2,(H2,32,33,34). The largest absolute Gasteiger partial charge is 0.500 e. The van der Waals surface area contributed by atoms with Crippen LogP contribution in [0.5, 0.6) is 0 Å². The van der Waals surface area contributed by atoms with Gasteiger partial charge in [-0.2, -0.15) is 18.4 Å². The third-order valence-electron chi connectivity index (χ3n) is 6.68. The molecule has 1 fully saturated rings. The van der Waals surface area contributed by atoms with E-state index < -0.39 is 38.2 Å². The summed E-state index contributed by atoms with van der Waals surface area (Å²) in [5, 5.41) is 14.0. The number of halogens is 3. The van der Waals surface area contributed by atoms with Crippen LogP contribution in [0, 0.1) is 11.3 Å². The zero-order valence-electron chi connectivity index (χ0n) is 19.6. The number of amides is 2. The number of carbonyl (C=O) groups is 1. The number of nitriles is 1. The highest BCUT2D eigenvalue weighted by atomic mass is 32.2. The van der Waals surface area contributed by atoms with Gasteiger partial charge in [0.25, 0.3) is 9.84 Å². The summed E-state index contributed by atoms with van der Waals surface area (Å²) >= 11 is 0. The molecule has 2 aliphatic rings. The van der Waals surface area contributed by atoms with Gasteiger partial charge in [-0.05, 0) is 36.1 Å². The Bertz CT molecular complexity index is 1380. The smallest absolute Gasteiger partial charge is 0.327 e. The van der Waals surface area contributed by atoms with Gasteiger partial charge >= 0.3 is 11.5 Å². The minimum atomic E-state index is -5.87. The van der Waals surface area contributed by atoms with Crippen molar-refractivity contribution >= 4 is 21.4 Å². The Kier molecular flexibility index (Phi) is 7.10. The van der Waals surface area contributed by atoms with Gasteiger partial charge < -0.3 is 10.6 Å². The molecule has 1 saturated carbocycles. The maximum absolute atomic E-state index is 13.8. The lowest BCUT2D eigenvalue weighted by atomic mass is 9.79. The van der Waals surface area contributed by atoms with E-state index in [1.54, 1.807) is 30.3 Å². The molecular formula is C25H24F3N5O3S. The van der Waals surface area contributed by atoms with Gasteiger partial charge in [-0.3, -0.25) is 0 Å². The van der Waals surface area contributed by atoms with Gasteiger partial charge in [0.1, 0.15) is 6.07 Å². The van der Waals surface area contributed by atoms with Crippen LogP contribution in [0.1, 0.15) is 55.6 Å². The molecule has 8 nitrogen and oxygen atoms in total. The number of nitrogens with one attached hydrogen (secondary N) is 2. The van der Waals surface area contributed by atoms with E-state index >= 15 is 0 Å². The average Bonchev–Trinajstić information content (AvgIpc) is 2.89. The Morgan fingerprint density at radius 2 is 1.76 bits per heavy atom. The lowest BCUT2D eigenvalue weighted by molar-refractivity contribution is -0.0456. The number of urea groups is 1. The number of hydrogen-bond donors (Lipinski definition) is 2. The second kappa shape index (κ2) is 9.97. The monoisotopic (exact) mass is 531 g/mol. The fraction of sp³-hybridized carbons (Fsp3) is 0.360. The van der Waals surface area contributed by atoms with Crippen molar-refractivity contribution in [3.8, 4) is 6.07 Å². The molecule has 37 heavy (non-hydrogen) atoms. The van der Waals surface area contributed by atoms with Crippen LogP contribution in [0.3, 0.4) is 0 Å². The maximum atomic E-state index is 13.8. The third kappa shape index (κ3) is 5.09. The zero-order valence-corrected chi connectivity index (χ0v) is 20.4. The summed E-state index contributed by atoms with van der Waals surface area (Å²) in [7, 11) is -5.87. The van der Waals surface area contributed by atoms with Gasteiger partial charge in [-0.15, -0.1) is 0 Å². The second-order valence-corrected chi connectivity index (χ2v) is 11.2. The van der Waals surface area contributed by atoms with Crippen molar-refractivity contribution in [2.24, 2.45) is 0 Å². The van der Waals surface area contributed by atoms with E-state index in [2.05, 4.69) is 20.6 Å². The molecule has 194 valence electrons. The van der Waals surface area contributed by atoms with E-state index in [-0.39, 0.29) is 5.82 Å². The lowest BCUT2D eigenvalue weighted by Crippen LogP contribution is -2.62. The first-order chi connectivity index (χ1) is 17.5. The first-order valence-electron chi connectivity index (χ1n) is 11.6. The van der Waals surface area contributed by atoms with Crippen LogP contribution in [-0.4, -0.2) is 34.8 Å². The lowest BCUT2D eigenvalue weighted by Gasteiger charge is -2.39. The molecule has 0 bridgehead atoms. The molecule has 0 aliphatic heterocycles. The third-order valence-corrected chi connectivity index (χ3v) is 8.65. The Morgan fingerprint density at radius 1 is 1.05 bits per heavy atom. The molecule has 2 aliphatic carbocycles. The van der Waals surface area contributed by atoms with E-state index in [0.717, 1.165) is 12.5 Å². The minimum absolute atomic E-state index is 0.116. The number of rotatable bonds is 5. The Hall–Kier alpha value is -3.72. The van der Waals surface area contributed by atoms with Gasteiger partial charge in [0.05, 0.1) is 11.2 Å². The number of carbonyl (C=O) groups excluding carboxylic acids is 1. The molecule has 1 aromatic carbocycles. The number of hydrogen-bond acceptors (Lipinski definition) is 6. The summed E-state index contributed by atoms with van der Waals surface area (Å²) in [6.07, 6.45) is 7.34. The quantitative estimate of drug-likeness (QED) is 0.586. The van der Waals surface area contributed by atoms with E-state index in [1.807, 2.05) is 6.07 Å². The molecule has 1 unspecified atom stereocenters. The highest BCUT2D eigenvalue weighted by Gasteiger charge is 2.59. The predicted molar refractivity (Wildman–Crippen MR) is 129 cm³/mol.